The number of halogens is 2. The van der Waals surface area contributed by atoms with Gasteiger partial charge in [-0.25, -0.2) is 0 Å². The zero-order valence-corrected chi connectivity index (χ0v) is 14.4. The second-order valence-corrected chi connectivity index (χ2v) is 5.96. The first-order valence-corrected chi connectivity index (χ1v) is 8.29. The van der Waals surface area contributed by atoms with E-state index in [0.717, 1.165) is 12.0 Å². The van der Waals surface area contributed by atoms with Crippen molar-refractivity contribution >= 4 is 29.1 Å². The number of nitrogens with one attached hydrogen (secondary N) is 1. The number of hydrogen-bond acceptors (Lipinski definition) is 2. The minimum Gasteiger partial charge on any atom is -0.479 e. The summed E-state index contributed by atoms with van der Waals surface area (Å²) in [6, 6.07) is 14.7. The van der Waals surface area contributed by atoms with Crippen molar-refractivity contribution in [3.05, 3.63) is 64.1 Å². The summed E-state index contributed by atoms with van der Waals surface area (Å²) in [7, 11) is 0. The molecule has 0 aliphatic heterocycles. The lowest BCUT2D eigenvalue weighted by Gasteiger charge is -2.18. The molecule has 0 aromatic heterocycles. The average molecular weight is 352 g/mol. The molecule has 0 radical (unpaired) electrons. The molecule has 0 heterocycles. The van der Waals surface area contributed by atoms with Crippen LogP contribution in [0.15, 0.2) is 48.5 Å². The van der Waals surface area contributed by atoms with Crippen LogP contribution in [0.25, 0.3) is 0 Å². The van der Waals surface area contributed by atoms with Crippen LogP contribution in [0.5, 0.6) is 5.75 Å². The molecule has 0 unspecified atom stereocenters. The maximum Gasteiger partial charge on any atom is 0.261 e. The number of ether oxygens (including phenoxy) is 1. The molecule has 0 spiro atoms. The van der Waals surface area contributed by atoms with Crippen LogP contribution in [-0.4, -0.2) is 18.6 Å². The topological polar surface area (TPSA) is 38.3 Å². The minimum absolute atomic E-state index is 0.138. The fourth-order valence-corrected chi connectivity index (χ4v) is 2.42. The van der Waals surface area contributed by atoms with Gasteiger partial charge in [-0.2, -0.15) is 0 Å². The maximum absolute atomic E-state index is 12.2. The van der Waals surface area contributed by atoms with Crippen molar-refractivity contribution in [3.8, 4) is 5.75 Å². The predicted molar refractivity (Wildman–Crippen MR) is 94.3 cm³/mol. The molecule has 2 rings (SSSR count). The molecule has 2 aromatic carbocycles. The first-order chi connectivity index (χ1) is 11.1. The maximum atomic E-state index is 12.2. The van der Waals surface area contributed by atoms with Crippen LogP contribution in [0, 0.1) is 0 Å². The molecule has 0 saturated carbocycles. The number of carbonyl (C=O) groups excluding carboxylic acids is 1. The van der Waals surface area contributed by atoms with Crippen LogP contribution in [-0.2, 0) is 11.2 Å². The van der Waals surface area contributed by atoms with Crippen molar-refractivity contribution < 1.29 is 9.53 Å². The molecular weight excluding hydrogens is 333 g/mol. The fourth-order valence-electron chi connectivity index (χ4n) is 2.11. The molecule has 5 heteroatoms. The zero-order chi connectivity index (χ0) is 16.7. The molecule has 0 saturated heterocycles. The highest BCUT2D eigenvalue weighted by Gasteiger charge is 2.18. The van der Waals surface area contributed by atoms with E-state index in [9.17, 15) is 4.79 Å². The van der Waals surface area contributed by atoms with E-state index in [1.54, 1.807) is 12.1 Å². The Morgan fingerprint density at radius 3 is 2.48 bits per heavy atom. The molecule has 0 aliphatic carbocycles. The lowest BCUT2D eigenvalue weighted by molar-refractivity contribution is -0.128. The van der Waals surface area contributed by atoms with Crippen molar-refractivity contribution in [2.75, 3.05) is 6.54 Å². The molecule has 1 atom stereocenters. The zero-order valence-electron chi connectivity index (χ0n) is 12.9. The van der Waals surface area contributed by atoms with Crippen molar-refractivity contribution in [1.29, 1.82) is 0 Å². The largest absolute Gasteiger partial charge is 0.479 e. The molecule has 0 aliphatic rings. The number of carbonyl (C=O) groups is 1. The number of amides is 1. The van der Waals surface area contributed by atoms with Crippen LogP contribution in [0.3, 0.4) is 0 Å². The molecule has 1 N–H and O–H groups in total. The molecule has 2 aromatic rings. The quantitative estimate of drug-likeness (QED) is 0.796. The Labute approximate surface area is 146 Å². The fraction of sp³-hybridized carbons (Fsp3) is 0.278. The van der Waals surface area contributed by atoms with E-state index in [-0.39, 0.29) is 5.91 Å². The van der Waals surface area contributed by atoms with Gasteiger partial charge in [0.2, 0.25) is 0 Å². The Balaban J connectivity index is 1.85. The monoisotopic (exact) mass is 351 g/mol. The minimum atomic E-state index is -0.555. The smallest absolute Gasteiger partial charge is 0.261 e. The van der Waals surface area contributed by atoms with Gasteiger partial charge in [-0.05, 0) is 42.7 Å². The van der Waals surface area contributed by atoms with E-state index >= 15 is 0 Å². The molecule has 0 fully saturated rings. The van der Waals surface area contributed by atoms with Gasteiger partial charge in [-0.1, -0.05) is 54.4 Å². The highest BCUT2D eigenvalue weighted by molar-refractivity contribution is 6.32. The SMILES string of the molecule is CC[C@@H](Oc1ccccc1Cl)C(=O)NCCc1ccc(Cl)cc1. The molecule has 3 nitrogen and oxygen atoms in total. The van der Waals surface area contributed by atoms with Crippen molar-refractivity contribution in [2.24, 2.45) is 0 Å². The van der Waals surface area contributed by atoms with Crippen molar-refractivity contribution in [2.45, 2.75) is 25.9 Å². The number of rotatable bonds is 7. The summed E-state index contributed by atoms with van der Waals surface area (Å²) in [5.41, 5.74) is 1.12. The van der Waals surface area contributed by atoms with Crippen LogP contribution in [0.2, 0.25) is 10.0 Å². The number of benzene rings is 2. The van der Waals surface area contributed by atoms with E-state index in [1.807, 2.05) is 43.3 Å². The highest BCUT2D eigenvalue weighted by atomic mass is 35.5. The summed E-state index contributed by atoms with van der Waals surface area (Å²) in [4.78, 5) is 12.2. The number of hydrogen-bond donors (Lipinski definition) is 1. The van der Waals surface area contributed by atoms with E-state index in [0.29, 0.717) is 28.8 Å². The first kappa shape index (κ1) is 17.6. The standard InChI is InChI=1S/C18H19Cl2NO2/c1-2-16(23-17-6-4-3-5-15(17)20)18(22)21-12-11-13-7-9-14(19)10-8-13/h3-10,16H,2,11-12H2,1H3,(H,21,22)/t16-/m1/s1. The van der Waals surface area contributed by atoms with Gasteiger partial charge in [0.05, 0.1) is 5.02 Å². The van der Waals surface area contributed by atoms with Gasteiger partial charge in [0.15, 0.2) is 6.10 Å². The summed E-state index contributed by atoms with van der Waals surface area (Å²) < 4.78 is 5.71. The van der Waals surface area contributed by atoms with Gasteiger partial charge in [-0.3, -0.25) is 4.79 Å². The Hall–Kier alpha value is -1.71. The molecular formula is C18H19Cl2NO2. The second-order valence-electron chi connectivity index (χ2n) is 5.11. The molecule has 0 bridgehead atoms. The third kappa shape index (κ3) is 5.45. The van der Waals surface area contributed by atoms with E-state index in [1.165, 1.54) is 0 Å². The Bertz CT molecular complexity index is 644. The Morgan fingerprint density at radius 2 is 1.83 bits per heavy atom. The van der Waals surface area contributed by atoms with Gasteiger partial charge < -0.3 is 10.1 Å². The molecule has 122 valence electrons. The van der Waals surface area contributed by atoms with Crippen LogP contribution in [0.4, 0.5) is 0 Å². The average Bonchev–Trinajstić information content (AvgIpc) is 2.56. The lowest BCUT2D eigenvalue weighted by atomic mass is 10.1. The summed E-state index contributed by atoms with van der Waals surface area (Å²) in [5.74, 6) is 0.384. The van der Waals surface area contributed by atoms with Crippen LogP contribution < -0.4 is 10.1 Å². The lowest BCUT2D eigenvalue weighted by Crippen LogP contribution is -2.39. The Morgan fingerprint density at radius 1 is 1.13 bits per heavy atom. The summed E-state index contributed by atoms with van der Waals surface area (Å²) in [5, 5.41) is 4.10. The van der Waals surface area contributed by atoms with Crippen molar-refractivity contribution in [3.63, 3.8) is 0 Å². The van der Waals surface area contributed by atoms with E-state index < -0.39 is 6.10 Å². The van der Waals surface area contributed by atoms with Crippen LogP contribution >= 0.6 is 23.2 Å². The number of para-hydroxylation sites is 1. The summed E-state index contributed by atoms with van der Waals surface area (Å²) in [6.45, 7) is 2.45. The normalized spacial score (nSPS) is 11.8. The summed E-state index contributed by atoms with van der Waals surface area (Å²) in [6.07, 6.45) is 0.754. The summed E-state index contributed by atoms with van der Waals surface area (Å²) >= 11 is 11.9. The second kappa shape index (κ2) is 8.80. The van der Waals surface area contributed by atoms with Gasteiger partial charge in [0.1, 0.15) is 5.75 Å². The molecule has 1 amide bonds. The van der Waals surface area contributed by atoms with Gasteiger partial charge in [-0.15, -0.1) is 0 Å². The van der Waals surface area contributed by atoms with Gasteiger partial charge in [0.25, 0.3) is 5.91 Å². The van der Waals surface area contributed by atoms with Crippen molar-refractivity contribution in [1.82, 2.24) is 5.32 Å². The van der Waals surface area contributed by atoms with E-state index in [4.69, 9.17) is 27.9 Å². The predicted octanol–water partition coefficient (Wildman–Crippen LogP) is 4.51. The first-order valence-electron chi connectivity index (χ1n) is 7.53. The van der Waals surface area contributed by atoms with Crippen LogP contribution in [0.1, 0.15) is 18.9 Å². The van der Waals surface area contributed by atoms with E-state index in [2.05, 4.69) is 5.32 Å². The third-order valence-corrected chi connectivity index (χ3v) is 3.96. The Kier molecular flexibility index (Phi) is 6.75. The van der Waals surface area contributed by atoms with Gasteiger partial charge in [0, 0.05) is 11.6 Å². The molecule has 23 heavy (non-hydrogen) atoms. The highest BCUT2D eigenvalue weighted by Crippen LogP contribution is 2.24. The van der Waals surface area contributed by atoms with Gasteiger partial charge >= 0.3 is 0 Å². The third-order valence-electron chi connectivity index (χ3n) is 3.40.